The molecule has 362 valence electrons. The molecule has 0 bridgehead atoms. The van der Waals surface area contributed by atoms with Crippen molar-refractivity contribution in [3.63, 3.8) is 0 Å². The van der Waals surface area contributed by atoms with Crippen molar-refractivity contribution in [3.8, 4) is 0 Å². The first-order chi connectivity index (χ1) is 31.0. The molecule has 63 heavy (non-hydrogen) atoms. The fourth-order valence-electron chi connectivity index (χ4n) is 7.24. The fraction of sp³-hybridized carbons (Fsp3) is 0.737. The van der Waals surface area contributed by atoms with Crippen LogP contribution in [0.2, 0.25) is 0 Å². The third-order valence-corrected chi connectivity index (χ3v) is 11.2. The zero-order chi connectivity index (χ0) is 45.8. The van der Waals surface area contributed by atoms with E-state index in [1.54, 1.807) is 0 Å². The Morgan fingerprint density at radius 1 is 0.333 bits per heavy atom. The largest absolute Gasteiger partial charge is 0.462 e. The highest BCUT2D eigenvalue weighted by atomic mass is 16.6. The Morgan fingerprint density at radius 3 is 1.06 bits per heavy atom. The second kappa shape index (κ2) is 51.5. The molecule has 0 aliphatic rings. The minimum Gasteiger partial charge on any atom is -0.462 e. The molecular weight excluding hydrogens is 781 g/mol. The molecule has 0 rings (SSSR count). The van der Waals surface area contributed by atoms with Gasteiger partial charge in [0.05, 0.1) is 0 Å². The second-order valence-corrected chi connectivity index (χ2v) is 17.4. The number of carbonyl (C=O) groups is 3. The first kappa shape index (κ1) is 59.9. The monoisotopic (exact) mass is 879 g/mol. The third-order valence-electron chi connectivity index (χ3n) is 11.2. The molecule has 0 aromatic rings. The summed E-state index contributed by atoms with van der Waals surface area (Å²) in [6.07, 6.45) is 64.7. The molecule has 1 unspecified atom stereocenters. The van der Waals surface area contributed by atoms with E-state index in [0.29, 0.717) is 25.7 Å². The van der Waals surface area contributed by atoms with Gasteiger partial charge in [-0.1, -0.05) is 222 Å². The summed E-state index contributed by atoms with van der Waals surface area (Å²) in [6, 6.07) is 0. The lowest BCUT2D eigenvalue weighted by molar-refractivity contribution is -0.167. The van der Waals surface area contributed by atoms with Gasteiger partial charge in [-0.15, -0.1) is 0 Å². The van der Waals surface area contributed by atoms with Crippen molar-refractivity contribution < 1.29 is 28.6 Å². The van der Waals surface area contributed by atoms with Crippen molar-refractivity contribution in [3.05, 3.63) is 72.9 Å². The molecule has 0 spiro atoms. The lowest BCUT2D eigenvalue weighted by Gasteiger charge is -2.18. The van der Waals surface area contributed by atoms with Crippen LogP contribution in [-0.2, 0) is 28.6 Å². The van der Waals surface area contributed by atoms with E-state index in [1.807, 2.05) is 0 Å². The van der Waals surface area contributed by atoms with Crippen molar-refractivity contribution in [1.82, 2.24) is 0 Å². The predicted octanol–water partition coefficient (Wildman–Crippen LogP) is 17.4. The van der Waals surface area contributed by atoms with Gasteiger partial charge in [-0.3, -0.25) is 14.4 Å². The number of rotatable bonds is 47. The molecular formula is C57H98O6. The zero-order valence-electron chi connectivity index (χ0n) is 41.3. The van der Waals surface area contributed by atoms with Crippen LogP contribution in [0.4, 0.5) is 0 Å². The van der Waals surface area contributed by atoms with Gasteiger partial charge >= 0.3 is 17.9 Å². The van der Waals surface area contributed by atoms with E-state index in [9.17, 15) is 14.4 Å². The van der Waals surface area contributed by atoms with E-state index in [0.717, 1.165) is 89.9 Å². The van der Waals surface area contributed by atoms with Crippen LogP contribution in [0.3, 0.4) is 0 Å². The molecule has 0 aliphatic heterocycles. The number of hydrogen-bond donors (Lipinski definition) is 0. The minimum atomic E-state index is -0.797. The number of esters is 3. The van der Waals surface area contributed by atoms with E-state index in [2.05, 4.69) is 93.7 Å². The fourth-order valence-corrected chi connectivity index (χ4v) is 7.24. The van der Waals surface area contributed by atoms with Crippen LogP contribution in [0.25, 0.3) is 0 Å². The van der Waals surface area contributed by atoms with Crippen LogP contribution >= 0.6 is 0 Å². The van der Waals surface area contributed by atoms with E-state index < -0.39 is 6.10 Å². The lowest BCUT2D eigenvalue weighted by atomic mass is 10.0. The number of unbranched alkanes of at least 4 members (excludes halogenated alkanes) is 24. The Labute approximate surface area is 389 Å². The Bertz CT molecular complexity index is 1190. The molecule has 0 aromatic heterocycles. The quantitative estimate of drug-likeness (QED) is 0.0262. The molecule has 0 aliphatic carbocycles. The Hall–Kier alpha value is -3.15. The molecule has 0 N–H and O–H groups in total. The SMILES string of the molecule is CC/C=C\C/C=C\C/C=C\C/C=C\C/C=C\CCCCCC(=O)OCC(COC(=O)CCC/C=C\CCCCCC)OC(=O)CCCCCCCCCCCCCCCCCCC. The van der Waals surface area contributed by atoms with Gasteiger partial charge in [-0.05, 0) is 83.5 Å². The lowest BCUT2D eigenvalue weighted by Crippen LogP contribution is -2.30. The maximum Gasteiger partial charge on any atom is 0.306 e. The Balaban J connectivity index is 4.38. The van der Waals surface area contributed by atoms with Crippen LogP contribution < -0.4 is 0 Å². The average Bonchev–Trinajstić information content (AvgIpc) is 3.28. The average molecular weight is 879 g/mol. The highest BCUT2D eigenvalue weighted by molar-refractivity contribution is 5.71. The summed E-state index contributed by atoms with van der Waals surface area (Å²) < 4.78 is 16.7. The van der Waals surface area contributed by atoms with E-state index in [-0.39, 0.29) is 31.1 Å². The summed E-state index contributed by atoms with van der Waals surface area (Å²) in [6.45, 7) is 6.45. The molecule has 0 saturated carbocycles. The van der Waals surface area contributed by atoms with Gasteiger partial charge in [0, 0.05) is 19.3 Å². The number of hydrogen-bond acceptors (Lipinski definition) is 6. The van der Waals surface area contributed by atoms with Gasteiger partial charge in [0.15, 0.2) is 6.10 Å². The van der Waals surface area contributed by atoms with Crippen molar-refractivity contribution in [2.75, 3.05) is 13.2 Å². The summed E-state index contributed by atoms with van der Waals surface area (Å²) in [5.41, 5.74) is 0. The molecule has 0 radical (unpaired) electrons. The van der Waals surface area contributed by atoms with Gasteiger partial charge in [-0.25, -0.2) is 0 Å². The molecule has 0 aromatic carbocycles. The molecule has 0 heterocycles. The van der Waals surface area contributed by atoms with Gasteiger partial charge in [0.2, 0.25) is 0 Å². The van der Waals surface area contributed by atoms with Crippen molar-refractivity contribution >= 4 is 17.9 Å². The van der Waals surface area contributed by atoms with Crippen LogP contribution in [0.1, 0.15) is 252 Å². The van der Waals surface area contributed by atoms with Crippen molar-refractivity contribution in [2.45, 2.75) is 258 Å². The topological polar surface area (TPSA) is 78.9 Å². The summed E-state index contributed by atoms with van der Waals surface area (Å²) >= 11 is 0. The van der Waals surface area contributed by atoms with E-state index in [1.165, 1.54) is 116 Å². The zero-order valence-corrected chi connectivity index (χ0v) is 41.3. The number of allylic oxidation sites excluding steroid dienone is 12. The van der Waals surface area contributed by atoms with Crippen molar-refractivity contribution in [2.24, 2.45) is 0 Å². The highest BCUT2D eigenvalue weighted by Crippen LogP contribution is 2.15. The van der Waals surface area contributed by atoms with Gasteiger partial charge in [0.25, 0.3) is 0 Å². The summed E-state index contributed by atoms with van der Waals surface area (Å²) in [5.74, 6) is -0.960. The van der Waals surface area contributed by atoms with Gasteiger partial charge < -0.3 is 14.2 Å². The molecule has 6 heteroatoms. The predicted molar refractivity (Wildman–Crippen MR) is 270 cm³/mol. The first-order valence-electron chi connectivity index (χ1n) is 26.4. The summed E-state index contributed by atoms with van der Waals surface area (Å²) in [7, 11) is 0. The number of carbonyl (C=O) groups excluding carboxylic acids is 3. The van der Waals surface area contributed by atoms with Crippen molar-refractivity contribution in [1.29, 1.82) is 0 Å². The maximum absolute atomic E-state index is 12.8. The molecule has 1 atom stereocenters. The standard InChI is InChI=1S/C57H98O6/c1-4-7-10-13-16-19-21-23-25-27-28-30-31-33-35-38-41-44-47-50-56(59)62-53-54(52-61-55(58)49-46-43-40-37-18-15-12-9-6-3)63-57(60)51-48-45-42-39-36-34-32-29-26-24-22-20-17-14-11-8-5-2/h7,10,16,19,23,25,28,30,33,35,37,40,54H,4-6,8-9,11-15,17-18,20-22,24,26-27,29,31-32,34,36,38-39,41-53H2,1-3H3/b10-7-,19-16-,25-23-,30-28-,35-33-,40-37-. The normalized spacial score (nSPS) is 12.6. The third kappa shape index (κ3) is 49.7. The second-order valence-electron chi connectivity index (χ2n) is 17.4. The number of ether oxygens (including phenoxy) is 3. The molecule has 0 fully saturated rings. The molecule has 6 nitrogen and oxygen atoms in total. The van der Waals surface area contributed by atoms with E-state index >= 15 is 0 Å². The van der Waals surface area contributed by atoms with Crippen LogP contribution in [0.15, 0.2) is 72.9 Å². The molecule has 0 saturated heterocycles. The van der Waals surface area contributed by atoms with Crippen LogP contribution in [0, 0.1) is 0 Å². The smallest absolute Gasteiger partial charge is 0.306 e. The van der Waals surface area contributed by atoms with Crippen LogP contribution in [-0.4, -0.2) is 37.2 Å². The first-order valence-corrected chi connectivity index (χ1v) is 26.4. The minimum absolute atomic E-state index is 0.0995. The van der Waals surface area contributed by atoms with E-state index in [4.69, 9.17) is 14.2 Å². The van der Waals surface area contributed by atoms with Gasteiger partial charge in [0.1, 0.15) is 13.2 Å². The summed E-state index contributed by atoms with van der Waals surface area (Å²) in [4.78, 5) is 37.9. The summed E-state index contributed by atoms with van der Waals surface area (Å²) in [5, 5.41) is 0. The van der Waals surface area contributed by atoms with Gasteiger partial charge in [-0.2, -0.15) is 0 Å². The highest BCUT2D eigenvalue weighted by Gasteiger charge is 2.19. The van der Waals surface area contributed by atoms with Crippen LogP contribution in [0.5, 0.6) is 0 Å². The molecule has 0 amide bonds. The Morgan fingerprint density at radius 2 is 0.635 bits per heavy atom. The maximum atomic E-state index is 12.8. The Kier molecular flexibility index (Phi) is 48.9.